The highest BCUT2D eigenvalue weighted by Crippen LogP contribution is 2.53. The number of aliphatic carboxylic acids is 1. The summed E-state index contributed by atoms with van der Waals surface area (Å²) in [5.41, 5.74) is -0.268. The fourth-order valence-electron chi connectivity index (χ4n) is 1.90. The van der Waals surface area contributed by atoms with Gasteiger partial charge in [-0.05, 0) is 24.7 Å². The zero-order valence-corrected chi connectivity index (χ0v) is 11.3. The predicted octanol–water partition coefficient (Wildman–Crippen LogP) is 3.37. The first-order chi connectivity index (χ1) is 7.81. The summed E-state index contributed by atoms with van der Waals surface area (Å²) in [6.45, 7) is 5.93. The van der Waals surface area contributed by atoms with Crippen LogP contribution in [0.4, 0.5) is 0 Å². The number of carboxylic acids is 1. The van der Waals surface area contributed by atoms with E-state index in [4.69, 9.17) is 16.7 Å². The minimum absolute atomic E-state index is 0.0697. The Morgan fingerprint density at radius 3 is 2.29 bits per heavy atom. The molecule has 1 aliphatic rings. The molecule has 1 N–H and O–H groups in total. The molecule has 0 spiro atoms. The van der Waals surface area contributed by atoms with E-state index in [1.54, 1.807) is 0 Å². The van der Waals surface area contributed by atoms with Crippen molar-refractivity contribution in [1.29, 1.82) is 0 Å². The van der Waals surface area contributed by atoms with Gasteiger partial charge in [-0.3, -0.25) is 4.79 Å². The average Bonchev–Trinajstić information content (AvgIpc) is 2.84. The van der Waals surface area contributed by atoms with Crippen molar-refractivity contribution in [2.45, 2.75) is 46.5 Å². The maximum atomic E-state index is 12.0. The number of rotatable bonds is 6. The lowest BCUT2D eigenvalue weighted by molar-refractivity contribution is -0.135. The second-order valence-corrected chi connectivity index (χ2v) is 5.75. The van der Waals surface area contributed by atoms with Crippen LogP contribution in [0.3, 0.4) is 0 Å². The Balaban J connectivity index is 2.86. The Hall–Kier alpha value is -0.830. The van der Waals surface area contributed by atoms with Crippen molar-refractivity contribution >= 4 is 23.4 Å². The van der Waals surface area contributed by atoms with Gasteiger partial charge >= 0.3 is 5.97 Å². The highest BCUT2D eigenvalue weighted by atomic mass is 35.5. The second-order valence-electron chi connectivity index (χ2n) is 5.30. The molecule has 0 aliphatic heterocycles. The van der Waals surface area contributed by atoms with Crippen molar-refractivity contribution in [3.8, 4) is 0 Å². The van der Waals surface area contributed by atoms with Crippen LogP contribution in [0.5, 0.6) is 0 Å². The second kappa shape index (κ2) is 5.21. The van der Waals surface area contributed by atoms with E-state index < -0.39 is 5.97 Å². The molecule has 0 unspecified atom stereocenters. The van der Waals surface area contributed by atoms with Crippen molar-refractivity contribution in [1.82, 2.24) is 0 Å². The average molecular weight is 259 g/mol. The molecule has 4 heteroatoms. The number of hydrogen-bond donors (Lipinski definition) is 1. The summed E-state index contributed by atoms with van der Waals surface area (Å²) < 4.78 is 0. The van der Waals surface area contributed by atoms with E-state index in [0.717, 1.165) is 19.3 Å². The van der Waals surface area contributed by atoms with Crippen LogP contribution in [-0.2, 0) is 9.59 Å². The molecule has 96 valence electrons. The third kappa shape index (κ3) is 3.32. The van der Waals surface area contributed by atoms with Crippen LogP contribution in [-0.4, -0.2) is 16.9 Å². The Morgan fingerprint density at radius 2 is 1.94 bits per heavy atom. The van der Waals surface area contributed by atoms with Gasteiger partial charge in [0.25, 0.3) is 0 Å². The molecule has 3 nitrogen and oxygen atoms in total. The van der Waals surface area contributed by atoms with Gasteiger partial charge in [-0.15, -0.1) is 0 Å². The van der Waals surface area contributed by atoms with Gasteiger partial charge in [0.15, 0.2) is 5.78 Å². The third-order valence-corrected chi connectivity index (χ3v) is 3.69. The molecular formula is C13H19ClO3. The molecule has 1 fully saturated rings. The summed E-state index contributed by atoms with van der Waals surface area (Å²) >= 11 is 5.96. The molecule has 0 aromatic rings. The zero-order chi connectivity index (χ0) is 13.2. The summed E-state index contributed by atoms with van der Waals surface area (Å²) in [5.74, 6) is -1.67. The van der Waals surface area contributed by atoms with E-state index >= 15 is 0 Å². The number of hydrogen-bond acceptors (Lipinski definition) is 2. The molecule has 1 saturated carbocycles. The smallest absolute Gasteiger partial charge is 0.340 e. The Morgan fingerprint density at radius 1 is 1.41 bits per heavy atom. The maximum Gasteiger partial charge on any atom is 0.340 e. The number of ketones is 1. The number of Topliss-reactive ketones (excluding diaryl/α,β-unsaturated/α-hetero) is 1. The van der Waals surface area contributed by atoms with Gasteiger partial charge in [0.05, 0.1) is 0 Å². The molecular weight excluding hydrogens is 240 g/mol. The lowest BCUT2D eigenvalue weighted by Crippen LogP contribution is -2.17. The van der Waals surface area contributed by atoms with Crippen molar-refractivity contribution in [2.75, 3.05) is 0 Å². The SMILES string of the molecule is CCCCC(Cl)=C(C(=O)O)C(=O)[C@H]1CC1(C)C. The zero-order valence-electron chi connectivity index (χ0n) is 10.5. The highest BCUT2D eigenvalue weighted by Gasteiger charge is 2.52. The maximum absolute atomic E-state index is 12.0. The molecule has 0 heterocycles. The van der Waals surface area contributed by atoms with Gasteiger partial charge < -0.3 is 5.11 Å². The standard InChI is InChI=1S/C13H19ClO3/c1-4-5-6-9(14)10(12(16)17)11(15)8-7-13(8,2)3/h8H,4-7H2,1-3H3,(H,16,17)/t8-/m1/s1. The molecule has 1 atom stereocenters. The minimum Gasteiger partial charge on any atom is -0.478 e. The summed E-state index contributed by atoms with van der Waals surface area (Å²) in [7, 11) is 0. The van der Waals surface area contributed by atoms with E-state index in [9.17, 15) is 9.59 Å². The Labute approximate surface area is 107 Å². The minimum atomic E-state index is -1.20. The normalized spacial score (nSPS) is 22.9. The van der Waals surface area contributed by atoms with E-state index in [0.29, 0.717) is 6.42 Å². The number of unbranched alkanes of at least 4 members (excludes halogenated alkanes) is 1. The van der Waals surface area contributed by atoms with Crippen molar-refractivity contribution in [2.24, 2.45) is 11.3 Å². The number of carboxylic acid groups (broad SMARTS) is 1. The summed E-state index contributed by atoms with van der Waals surface area (Å²) in [5, 5.41) is 9.30. The van der Waals surface area contributed by atoms with Crippen molar-refractivity contribution in [3.05, 3.63) is 10.6 Å². The van der Waals surface area contributed by atoms with Crippen molar-refractivity contribution in [3.63, 3.8) is 0 Å². The van der Waals surface area contributed by atoms with Crippen LogP contribution < -0.4 is 0 Å². The molecule has 0 aromatic carbocycles. The van der Waals surface area contributed by atoms with Crippen LogP contribution in [0.25, 0.3) is 0 Å². The van der Waals surface area contributed by atoms with E-state index in [1.807, 2.05) is 20.8 Å². The number of carbonyl (C=O) groups is 2. The summed E-state index contributed by atoms with van der Waals surface area (Å²) in [6.07, 6.45) is 2.95. The number of allylic oxidation sites excluding steroid dienone is 1. The van der Waals surface area contributed by atoms with E-state index in [2.05, 4.69) is 0 Å². The van der Waals surface area contributed by atoms with Gasteiger partial charge in [0.2, 0.25) is 0 Å². The molecule has 0 aromatic heterocycles. The van der Waals surface area contributed by atoms with E-state index in [-0.39, 0.29) is 27.7 Å². The van der Waals surface area contributed by atoms with Gasteiger partial charge in [0.1, 0.15) is 5.57 Å². The van der Waals surface area contributed by atoms with Gasteiger partial charge in [0, 0.05) is 11.0 Å². The Kier molecular flexibility index (Phi) is 4.36. The molecule has 1 rings (SSSR count). The first-order valence-corrected chi connectivity index (χ1v) is 6.35. The van der Waals surface area contributed by atoms with Crippen LogP contribution in [0.1, 0.15) is 46.5 Å². The third-order valence-electron chi connectivity index (χ3n) is 3.31. The molecule has 17 heavy (non-hydrogen) atoms. The predicted molar refractivity (Wildman–Crippen MR) is 66.9 cm³/mol. The van der Waals surface area contributed by atoms with Crippen LogP contribution >= 0.6 is 11.6 Å². The lowest BCUT2D eigenvalue weighted by Gasteiger charge is -2.07. The molecule has 0 bridgehead atoms. The van der Waals surface area contributed by atoms with Crippen LogP contribution in [0.2, 0.25) is 0 Å². The van der Waals surface area contributed by atoms with Gasteiger partial charge in [-0.1, -0.05) is 38.8 Å². The molecule has 0 saturated heterocycles. The summed E-state index contributed by atoms with van der Waals surface area (Å²) in [6, 6.07) is 0. The molecule has 1 aliphatic carbocycles. The quantitative estimate of drug-likeness (QED) is 0.451. The van der Waals surface area contributed by atoms with Crippen LogP contribution in [0, 0.1) is 11.3 Å². The largest absolute Gasteiger partial charge is 0.478 e. The van der Waals surface area contributed by atoms with Crippen LogP contribution in [0.15, 0.2) is 10.6 Å². The Bertz CT molecular complexity index is 369. The topological polar surface area (TPSA) is 54.4 Å². The van der Waals surface area contributed by atoms with Gasteiger partial charge in [-0.2, -0.15) is 0 Å². The fourth-order valence-corrected chi connectivity index (χ4v) is 2.21. The van der Waals surface area contributed by atoms with E-state index in [1.165, 1.54) is 0 Å². The van der Waals surface area contributed by atoms with Gasteiger partial charge in [-0.25, -0.2) is 4.79 Å². The van der Waals surface area contributed by atoms with Crippen molar-refractivity contribution < 1.29 is 14.7 Å². The molecule has 0 radical (unpaired) electrons. The first-order valence-electron chi connectivity index (χ1n) is 5.97. The monoisotopic (exact) mass is 258 g/mol. The highest BCUT2D eigenvalue weighted by molar-refractivity contribution is 6.36. The molecule has 0 amide bonds. The number of carbonyl (C=O) groups excluding carboxylic acids is 1. The summed E-state index contributed by atoms with van der Waals surface area (Å²) in [4.78, 5) is 23.2. The number of halogens is 1. The first kappa shape index (κ1) is 14.2. The lowest BCUT2D eigenvalue weighted by atomic mass is 10.00. The fraction of sp³-hybridized carbons (Fsp3) is 0.692.